The van der Waals surface area contributed by atoms with Gasteiger partial charge in [0.05, 0.1) is 0 Å². The number of rotatable bonds is 3. The standard InChI is InChI=1S/C15H22O/c1-11-7-12(2)14(13(3)8-11)9-15(10-16)5-4-6-15/h7-8,16H,4-6,9-10H2,1-3H3. The van der Waals surface area contributed by atoms with E-state index in [2.05, 4.69) is 32.9 Å². The van der Waals surface area contributed by atoms with Crippen LogP contribution in [-0.4, -0.2) is 11.7 Å². The van der Waals surface area contributed by atoms with E-state index in [4.69, 9.17) is 0 Å². The molecule has 1 heteroatoms. The van der Waals surface area contributed by atoms with Gasteiger partial charge in [-0.1, -0.05) is 24.1 Å². The van der Waals surface area contributed by atoms with Crippen molar-refractivity contribution < 1.29 is 5.11 Å². The Labute approximate surface area is 98.5 Å². The topological polar surface area (TPSA) is 20.2 Å². The lowest BCUT2D eigenvalue weighted by Gasteiger charge is -2.41. The van der Waals surface area contributed by atoms with E-state index < -0.39 is 0 Å². The molecule has 2 rings (SSSR count). The first-order valence-electron chi connectivity index (χ1n) is 6.24. The highest BCUT2D eigenvalue weighted by Crippen LogP contribution is 2.44. The molecular weight excluding hydrogens is 196 g/mol. The maximum absolute atomic E-state index is 9.53. The number of aliphatic hydroxyl groups is 1. The minimum absolute atomic E-state index is 0.199. The van der Waals surface area contributed by atoms with Crippen LogP contribution in [0, 0.1) is 26.2 Å². The van der Waals surface area contributed by atoms with E-state index in [0.29, 0.717) is 6.61 Å². The summed E-state index contributed by atoms with van der Waals surface area (Å²) in [4.78, 5) is 0. The molecule has 0 saturated heterocycles. The average Bonchev–Trinajstić information content (AvgIpc) is 2.14. The summed E-state index contributed by atoms with van der Waals surface area (Å²) in [5.74, 6) is 0. The van der Waals surface area contributed by atoms with Gasteiger partial charge in [0.15, 0.2) is 0 Å². The van der Waals surface area contributed by atoms with Crippen LogP contribution in [0.1, 0.15) is 41.5 Å². The largest absolute Gasteiger partial charge is 0.396 e. The Morgan fingerprint density at radius 1 is 1.12 bits per heavy atom. The molecule has 0 aliphatic heterocycles. The monoisotopic (exact) mass is 218 g/mol. The lowest BCUT2D eigenvalue weighted by molar-refractivity contribution is 0.0447. The average molecular weight is 218 g/mol. The van der Waals surface area contributed by atoms with Crippen molar-refractivity contribution in [2.75, 3.05) is 6.61 Å². The molecule has 0 atom stereocenters. The van der Waals surface area contributed by atoms with Gasteiger partial charge in [-0.15, -0.1) is 0 Å². The molecule has 16 heavy (non-hydrogen) atoms. The van der Waals surface area contributed by atoms with E-state index in [1.807, 2.05) is 0 Å². The van der Waals surface area contributed by atoms with Gasteiger partial charge in [-0.25, -0.2) is 0 Å². The van der Waals surface area contributed by atoms with E-state index in [1.54, 1.807) is 0 Å². The van der Waals surface area contributed by atoms with Crippen molar-refractivity contribution in [2.45, 2.75) is 46.5 Å². The fourth-order valence-electron chi connectivity index (χ4n) is 2.93. The second-order valence-corrected chi connectivity index (χ2v) is 5.57. The Morgan fingerprint density at radius 2 is 1.69 bits per heavy atom. The first-order chi connectivity index (χ1) is 7.56. The second-order valence-electron chi connectivity index (χ2n) is 5.57. The first kappa shape index (κ1) is 11.7. The van der Waals surface area contributed by atoms with Crippen LogP contribution < -0.4 is 0 Å². The number of aliphatic hydroxyl groups excluding tert-OH is 1. The molecular formula is C15H22O. The Kier molecular flexibility index (Phi) is 3.07. The fraction of sp³-hybridized carbons (Fsp3) is 0.600. The van der Waals surface area contributed by atoms with Crippen molar-refractivity contribution >= 4 is 0 Å². The zero-order chi connectivity index (χ0) is 11.8. The Morgan fingerprint density at radius 3 is 2.06 bits per heavy atom. The SMILES string of the molecule is Cc1cc(C)c(CC2(CO)CCC2)c(C)c1. The van der Waals surface area contributed by atoms with Gasteiger partial charge < -0.3 is 5.11 Å². The number of hydrogen-bond donors (Lipinski definition) is 1. The maximum atomic E-state index is 9.53. The van der Waals surface area contributed by atoms with Crippen LogP contribution in [0.3, 0.4) is 0 Å². The molecule has 1 N–H and O–H groups in total. The van der Waals surface area contributed by atoms with E-state index in [9.17, 15) is 5.11 Å². The molecule has 1 nitrogen and oxygen atoms in total. The molecule has 1 aromatic carbocycles. The van der Waals surface area contributed by atoms with Crippen molar-refractivity contribution in [3.63, 3.8) is 0 Å². The molecule has 1 saturated carbocycles. The van der Waals surface area contributed by atoms with Crippen molar-refractivity contribution in [1.29, 1.82) is 0 Å². The maximum Gasteiger partial charge on any atom is 0.0490 e. The van der Waals surface area contributed by atoms with Gasteiger partial charge in [-0.2, -0.15) is 0 Å². The second kappa shape index (κ2) is 4.21. The Hall–Kier alpha value is -0.820. The summed E-state index contributed by atoms with van der Waals surface area (Å²) in [6.07, 6.45) is 4.72. The van der Waals surface area contributed by atoms with Crippen LogP contribution in [0.2, 0.25) is 0 Å². The van der Waals surface area contributed by atoms with Crippen LogP contribution in [0.5, 0.6) is 0 Å². The number of hydrogen-bond acceptors (Lipinski definition) is 1. The molecule has 0 amide bonds. The molecule has 88 valence electrons. The summed E-state index contributed by atoms with van der Waals surface area (Å²) in [5.41, 5.74) is 5.77. The lowest BCUT2D eigenvalue weighted by atomic mass is 9.65. The van der Waals surface area contributed by atoms with Crippen molar-refractivity contribution in [3.8, 4) is 0 Å². The van der Waals surface area contributed by atoms with E-state index in [-0.39, 0.29) is 5.41 Å². The summed E-state index contributed by atoms with van der Waals surface area (Å²) in [5, 5.41) is 9.53. The van der Waals surface area contributed by atoms with Crippen molar-refractivity contribution in [2.24, 2.45) is 5.41 Å². The molecule has 0 radical (unpaired) electrons. The molecule has 0 unspecified atom stereocenters. The van der Waals surface area contributed by atoms with Crippen LogP contribution in [0.15, 0.2) is 12.1 Å². The quantitative estimate of drug-likeness (QED) is 0.825. The molecule has 1 fully saturated rings. The third-order valence-electron chi connectivity index (χ3n) is 4.14. The normalized spacial score (nSPS) is 18.2. The predicted octanol–water partition coefficient (Wildman–Crippen LogP) is 3.32. The fourth-order valence-corrected chi connectivity index (χ4v) is 2.93. The summed E-state index contributed by atoms with van der Waals surface area (Å²) in [7, 11) is 0. The van der Waals surface area contributed by atoms with Gasteiger partial charge in [0, 0.05) is 6.61 Å². The predicted molar refractivity (Wildman–Crippen MR) is 67.7 cm³/mol. The Bertz CT molecular complexity index is 360. The van der Waals surface area contributed by atoms with Gasteiger partial charge in [-0.05, 0) is 62.1 Å². The molecule has 1 aliphatic rings. The zero-order valence-electron chi connectivity index (χ0n) is 10.6. The summed E-state index contributed by atoms with van der Waals surface area (Å²) >= 11 is 0. The van der Waals surface area contributed by atoms with E-state index in [0.717, 1.165) is 6.42 Å². The number of aryl methyl sites for hydroxylation is 3. The lowest BCUT2D eigenvalue weighted by Crippen LogP contribution is -2.35. The zero-order valence-corrected chi connectivity index (χ0v) is 10.6. The number of benzene rings is 1. The van der Waals surface area contributed by atoms with E-state index in [1.165, 1.54) is 41.5 Å². The summed E-state index contributed by atoms with van der Waals surface area (Å²) in [6, 6.07) is 4.51. The third kappa shape index (κ3) is 2.01. The van der Waals surface area contributed by atoms with Crippen molar-refractivity contribution in [1.82, 2.24) is 0 Å². The van der Waals surface area contributed by atoms with Gasteiger partial charge in [0.25, 0.3) is 0 Å². The minimum Gasteiger partial charge on any atom is -0.396 e. The minimum atomic E-state index is 0.199. The molecule has 0 bridgehead atoms. The van der Waals surface area contributed by atoms with Crippen LogP contribution in [0.25, 0.3) is 0 Å². The van der Waals surface area contributed by atoms with Gasteiger partial charge in [0.2, 0.25) is 0 Å². The highest BCUT2D eigenvalue weighted by molar-refractivity contribution is 5.38. The highest BCUT2D eigenvalue weighted by atomic mass is 16.3. The van der Waals surface area contributed by atoms with Crippen LogP contribution >= 0.6 is 0 Å². The molecule has 0 aromatic heterocycles. The smallest absolute Gasteiger partial charge is 0.0490 e. The third-order valence-corrected chi connectivity index (χ3v) is 4.14. The van der Waals surface area contributed by atoms with Crippen LogP contribution in [0.4, 0.5) is 0 Å². The van der Waals surface area contributed by atoms with Gasteiger partial charge >= 0.3 is 0 Å². The molecule has 1 aromatic rings. The first-order valence-corrected chi connectivity index (χ1v) is 6.24. The van der Waals surface area contributed by atoms with E-state index >= 15 is 0 Å². The molecule has 1 aliphatic carbocycles. The van der Waals surface area contributed by atoms with Crippen LogP contribution in [-0.2, 0) is 6.42 Å². The summed E-state index contributed by atoms with van der Waals surface area (Å²) < 4.78 is 0. The highest BCUT2D eigenvalue weighted by Gasteiger charge is 2.36. The van der Waals surface area contributed by atoms with Gasteiger partial charge in [0.1, 0.15) is 0 Å². The van der Waals surface area contributed by atoms with Crippen molar-refractivity contribution in [3.05, 3.63) is 34.4 Å². The van der Waals surface area contributed by atoms with Gasteiger partial charge in [-0.3, -0.25) is 0 Å². The Balaban J connectivity index is 2.27. The summed E-state index contributed by atoms with van der Waals surface area (Å²) in [6.45, 7) is 6.88. The molecule has 0 heterocycles. The molecule has 0 spiro atoms.